The first-order valence-corrected chi connectivity index (χ1v) is 2.34. The van der Waals surface area contributed by atoms with E-state index in [4.69, 9.17) is 5.11 Å². The minimum atomic E-state index is -0.713. The van der Waals surface area contributed by atoms with Gasteiger partial charge in [-0.3, -0.25) is 4.79 Å². The number of carbonyl (C=O) groups is 1. The molecule has 0 saturated carbocycles. The molecule has 0 aromatic rings. The van der Waals surface area contributed by atoms with Crippen LogP contribution in [0.4, 0.5) is 0 Å². The largest absolute Gasteiger partial charge is 0.481 e. The summed E-state index contributed by atoms with van der Waals surface area (Å²) >= 11 is 0. The smallest absolute Gasteiger partial charge is 0.303 e. The average molecular weight is 142 g/mol. The van der Waals surface area contributed by atoms with Crippen molar-refractivity contribution < 1.29 is 9.90 Å². The van der Waals surface area contributed by atoms with Crippen molar-refractivity contribution >= 4 is 43.7 Å². The van der Waals surface area contributed by atoms with Crippen LogP contribution in [0.15, 0.2) is 0 Å². The van der Waals surface area contributed by atoms with Crippen molar-refractivity contribution in [1.29, 1.82) is 0 Å². The summed E-state index contributed by atoms with van der Waals surface area (Å²) in [6.07, 6.45) is 0.278. The van der Waals surface area contributed by atoms with Gasteiger partial charge in [0, 0.05) is 44.2 Å². The van der Waals surface area contributed by atoms with Crippen LogP contribution in [0.5, 0.6) is 0 Å². The zero-order valence-electron chi connectivity index (χ0n) is 5.35. The van der Waals surface area contributed by atoms with Crippen LogP contribution in [0.2, 0.25) is 0 Å². The normalized spacial score (nSPS) is 8.38. The van der Waals surface area contributed by atoms with Gasteiger partial charge in [0.2, 0.25) is 0 Å². The first-order chi connectivity index (χ1) is 3.13. The van der Waals surface area contributed by atoms with Crippen LogP contribution in [0.1, 0.15) is 20.3 Å². The van der Waals surface area contributed by atoms with Crippen LogP contribution in [0, 0.1) is 5.92 Å². The first kappa shape index (κ1) is 11.5. The molecule has 0 bridgehead atoms. The summed E-state index contributed by atoms with van der Waals surface area (Å²) in [5.41, 5.74) is 0. The molecule has 0 spiro atoms. The van der Waals surface area contributed by atoms with Crippen molar-refractivity contribution in [2.75, 3.05) is 0 Å². The van der Waals surface area contributed by atoms with Gasteiger partial charge < -0.3 is 5.11 Å². The molecule has 1 N–H and O–H groups in total. The molecule has 2 radical (unpaired) electrons. The molecule has 0 fully saturated rings. The van der Waals surface area contributed by atoms with Gasteiger partial charge in [-0.1, -0.05) is 13.8 Å². The Labute approximate surface area is 79.3 Å². The Bertz CT molecular complexity index is 70.8. The molecule has 2 nitrogen and oxygen atoms in total. The van der Waals surface area contributed by atoms with E-state index in [9.17, 15) is 4.79 Å². The van der Waals surface area contributed by atoms with Gasteiger partial charge in [-0.25, -0.2) is 0 Å². The fourth-order valence-electron chi connectivity index (χ4n) is 0.349. The predicted octanol–water partition coefficient (Wildman–Crippen LogP) is 0.736. The molecular weight excluding hydrogens is 132 g/mol. The molecule has 0 aromatic heterocycles. The molecule has 0 amide bonds. The molecule has 3 heteroatoms. The van der Waals surface area contributed by atoms with E-state index in [1.165, 1.54) is 0 Å². The van der Waals surface area contributed by atoms with E-state index in [2.05, 4.69) is 0 Å². The molecule has 8 heavy (non-hydrogen) atoms. The Morgan fingerprint density at radius 3 is 2.00 bits per heavy atom. The maximum Gasteiger partial charge on any atom is 0.303 e. The van der Waals surface area contributed by atoms with E-state index in [1.807, 2.05) is 13.8 Å². The molecule has 0 aliphatic rings. The third kappa shape index (κ3) is 9.88. The average Bonchev–Trinajstić information content (AvgIpc) is 1.27. The Morgan fingerprint density at radius 1 is 1.62 bits per heavy atom. The zero-order valence-corrected chi connectivity index (χ0v) is 7.56. The van der Waals surface area contributed by atoms with E-state index in [-0.39, 0.29) is 50.1 Å². The van der Waals surface area contributed by atoms with Gasteiger partial charge in [0.25, 0.3) is 0 Å². The number of hydrogen-bond acceptors (Lipinski definition) is 1. The minimum Gasteiger partial charge on any atom is -0.481 e. The van der Waals surface area contributed by atoms with Crippen molar-refractivity contribution in [1.82, 2.24) is 0 Å². The van der Waals surface area contributed by atoms with Gasteiger partial charge >= 0.3 is 5.97 Å². The van der Waals surface area contributed by atoms with Crippen molar-refractivity contribution in [3.8, 4) is 0 Å². The Kier molecular flexibility index (Phi) is 8.43. The molecule has 0 unspecified atom stereocenters. The van der Waals surface area contributed by atoms with Crippen molar-refractivity contribution in [2.45, 2.75) is 20.3 Å². The molecule has 0 rings (SSSR count). The molecule has 0 aliphatic carbocycles. The summed E-state index contributed by atoms with van der Waals surface area (Å²) in [7, 11) is 0. The monoisotopic (exact) mass is 142 g/mol. The van der Waals surface area contributed by atoms with Gasteiger partial charge in [-0.2, -0.15) is 0 Å². The van der Waals surface area contributed by atoms with E-state index in [1.54, 1.807) is 0 Å². The van der Waals surface area contributed by atoms with Gasteiger partial charge in [0.1, 0.15) is 0 Å². The predicted molar refractivity (Wildman–Crippen MR) is 32.8 cm³/mol. The van der Waals surface area contributed by atoms with Crippen LogP contribution in [0.25, 0.3) is 0 Å². The maximum atomic E-state index is 9.81. The van der Waals surface area contributed by atoms with Gasteiger partial charge in [-0.05, 0) is 5.92 Å². The molecule has 0 saturated heterocycles. The first-order valence-electron chi connectivity index (χ1n) is 2.34. The standard InChI is InChI=1S/C5H10O2.Ca/c1-4(2)3-5(6)7;/h4H,3H2,1-2H3,(H,6,7);. The van der Waals surface area contributed by atoms with Crippen molar-refractivity contribution in [3.05, 3.63) is 0 Å². The number of carboxylic acid groups (broad SMARTS) is 1. The number of carboxylic acids is 1. The molecular formula is C5H10CaO2. The maximum absolute atomic E-state index is 9.81. The van der Waals surface area contributed by atoms with E-state index < -0.39 is 5.97 Å². The second kappa shape index (κ2) is 5.86. The van der Waals surface area contributed by atoms with E-state index in [0.717, 1.165) is 0 Å². The summed E-state index contributed by atoms with van der Waals surface area (Å²) in [5.74, 6) is -0.438. The van der Waals surface area contributed by atoms with Gasteiger partial charge in [0.05, 0.1) is 0 Å². The molecule has 0 atom stereocenters. The topological polar surface area (TPSA) is 37.3 Å². The molecule has 0 aliphatic heterocycles. The summed E-state index contributed by atoms with van der Waals surface area (Å²) in [6.45, 7) is 3.77. The van der Waals surface area contributed by atoms with Crippen LogP contribution < -0.4 is 0 Å². The van der Waals surface area contributed by atoms with Crippen LogP contribution in [0.3, 0.4) is 0 Å². The number of hydrogen-bond donors (Lipinski definition) is 1. The molecule has 44 valence electrons. The Balaban J connectivity index is 0. The Morgan fingerprint density at radius 2 is 2.00 bits per heavy atom. The summed E-state index contributed by atoms with van der Waals surface area (Å²) in [4.78, 5) is 9.81. The van der Waals surface area contributed by atoms with E-state index in [0.29, 0.717) is 0 Å². The summed E-state index contributed by atoms with van der Waals surface area (Å²) in [5, 5.41) is 8.08. The SMILES string of the molecule is CC(C)CC(=O)O.[Ca]. The fourth-order valence-corrected chi connectivity index (χ4v) is 0.349. The summed E-state index contributed by atoms with van der Waals surface area (Å²) in [6, 6.07) is 0. The molecule has 0 heterocycles. The third-order valence-corrected chi connectivity index (χ3v) is 0.583. The fraction of sp³-hybridized carbons (Fsp3) is 0.800. The van der Waals surface area contributed by atoms with E-state index >= 15 is 0 Å². The minimum absolute atomic E-state index is 0. The van der Waals surface area contributed by atoms with Crippen molar-refractivity contribution in [2.24, 2.45) is 5.92 Å². The van der Waals surface area contributed by atoms with Crippen molar-refractivity contribution in [3.63, 3.8) is 0 Å². The van der Waals surface area contributed by atoms with Gasteiger partial charge in [0.15, 0.2) is 0 Å². The summed E-state index contributed by atoms with van der Waals surface area (Å²) < 4.78 is 0. The van der Waals surface area contributed by atoms with Crippen LogP contribution in [-0.4, -0.2) is 48.8 Å². The second-order valence-corrected chi connectivity index (χ2v) is 1.99. The third-order valence-electron chi connectivity index (χ3n) is 0.583. The molecule has 0 aromatic carbocycles. The van der Waals surface area contributed by atoms with Crippen LogP contribution >= 0.6 is 0 Å². The number of aliphatic carboxylic acids is 1. The quantitative estimate of drug-likeness (QED) is 0.577. The van der Waals surface area contributed by atoms with Gasteiger partial charge in [-0.15, -0.1) is 0 Å². The zero-order chi connectivity index (χ0) is 5.86. The number of rotatable bonds is 2. The Hall–Kier alpha value is 0.730. The van der Waals surface area contributed by atoms with Crippen LogP contribution in [-0.2, 0) is 4.79 Å². The second-order valence-electron chi connectivity index (χ2n) is 1.99.